The molecule has 0 bridgehead atoms. The zero-order chi connectivity index (χ0) is 30.5. The van der Waals surface area contributed by atoms with Crippen molar-refractivity contribution in [2.75, 3.05) is 73.7 Å². The highest BCUT2D eigenvalue weighted by Gasteiger charge is 2.50. The van der Waals surface area contributed by atoms with E-state index in [1.807, 2.05) is 17.0 Å². The molecule has 3 aliphatic rings. The second-order valence-corrected chi connectivity index (χ2v) is 14.2. The number of amides is 1. The number of carboxylic acids is 1. The third-order valence-corrected chi connectivity index (χ3v) is 9.15. The van der Waals surface area contributed by atoms with Crippen molar-refractivity contribution in [3.8, 4) is 5.75 Å². The first-order chi connectivity index (χ1) is 19.9. The van der Waals surface area contributed by atoms with Crippen molar-refractivity contribution in [1.29, 1.82) is 0 Å². The number of unbranched alkanes of at least 4 members (excludes halogenated alkanes) is 2. The molecule has 0 radical (unpaired) electrons. The highest BCUT2D eigenvalue weighted by Crippen LogP contribution is 2.45. The van der Waals surface area contributed by atoms with E-state index < -0.39 is 17.3 Å². The van der Waals surface area contributed by atoms with Crippen LogP contribution in [0.1, 0.15) is 69.9 Å². The van der Waals surface area contributed by atoms with E-state index in [4.69, 9.17) is 14.2 Å². The summed E-state index contributed by atoms with van der Waals surface area (Å²) >= 11 is 0. The van der Waals surface area contributed by atoms with Crippen molar-refractivity contribution >= 4 is 11.9 Å². The number of benzene rings is 1. The lowest BCUT2D eigenvalue weighted by Crippen LogP contribution is -2.47. The van der Waals surface area contributed by atoms with E-state index in [1.54, 1.807) is 0 Å². The van der Waals surface area contributed by atoms with Gasteiger partial charge >= 0.3 is 5.97 Å². The fourth-order valence-electron chi connectivity index (χ4n) is 6.84. The average Bonchev–Trinajstić information content (AvgIpc) is 3.68. The van der Waals surface area contributed by atoms with Crippen LogP contribution in [-0.4, -0.2) is 117 Å². The summed E-state index contributed by atoms with van der Waals surface area (Å²) in [4.78, 5) is 31.1. The van der Waals surface area contributed by atoms with Gasteiger partial charge < -0.3 is 28.7 Å². The minimum atomic E-state index is -0.816. The number of rotatable bonds is 15. The van der Waals surface area contributed by atoms with E-state index in [9.17, 15) is 14.7 Å². The number of hydrogen-bond acceptors (Lipinski definition) is 6. The van der Waals surface area contributed by atoms with Crippen LogP contribution in [-0.2, 0) is 25.5 Å². The molecule has 3 aliphatic heterocycles. The van der Waals surface area contributed by atoms with Crippen molar-refractivity contribution < 1.29 is 33.4 Å². The molecule has 3 heterocycles. The van der Waals surface area contributed by atoms with E-state index in [1.165, 1.54) is 0 Å². The van der Waals surface area contributed by atoms with Gasteiger partial charge in [-0.3, -0.25) is 14.5 Å². The van der Waals surface area contributed by atoms with E-state index in [-0.39, 0.29) is 30.7 Å². The number of likely N-dealkylation sites (tertiary alicyclic amines) is 1. The van der Waals surface area contributed by atoms with E-state index in [0.717, 1.165) is 73.1 Å². The normalized spacial score (nSPS) is 23.2. The summed E-state index contributed by atoms with van der Waals surface area (Å²) in [5.41, 5.74) is 1.74. The Morgan fingerprint density at radius 3 is 2.45 bits per heavy atom. The fourth-order valence-corrected chi connectivity index (χ4v) is 6.84. The Labute approximate surface area is 252 Å². The number of aliphatic carboxylic acids is 1. The predicted octanol–water partition coefficient (Wildman–Crippen LogP) is 3.99. The number of carbonyl (C=O) groups excluding carboxylic acids is 1. The molecule has 1 N–H and O–H groups in total. The first-order valence-corrected chi connectivity index (χ1v) is 15.9. The van der Waals surface area contributed by atoms with Crippen LogP contribution < -0.4 is 4.74 Å². The molecular weight excluding hydrogens is 534 g/mol. The summed E-state index contributed by atoms with van der Waals surface area (Å²) in [5.74, 6) is -0.699. The average molecular weight is 589 g/mol. The molecular formula is C33H54N3O6+. The molecule has 0 aromatic heterocycles. The highest BCUT2D eigenvalue weighted by molar-refractivity contribution is 5.79. The fraction of sp³-hybridized carbons (Fsp3) is 0.758. The first kappa shape index (κ1) is 32.7. The first-order valence-electron chi connectivity index (χ1n) is 15.9. The lowest BCUT2D eigenvalue weighted by atomic mass is 9.77. The number of carbonyl (C=O) groups is 2. The molecule has 0 saturated carbocycles. The molecule has 3 atom stereocenters. The van der Waals surface area contributed by atoms with Gasteiger partial charge in [0.15, 0.2) is 6.29 Å². The maximum atomic E-state index is 13.9. The third kappa shape index (κ3) is 8.24. The zero-order valence-electron chi connectivity index (χ0n) is 26.8. The smallest absolute Gasteiger partial charge is 0.308 e. The Bertz CT molecular complexity index is 1060. The molecule has 236 valence electrons. The van der Waals surface area contributed by atoms with E-state index >= 15 is 0 Å². The number of nitrogens with zero attached hydrogens (tertiary/aromatic N) is 3. The van der Waals surface area contributed by atoms with Crippen LogP contribution in [0.4, 0.5) is 0 Å². The standard InChI is InChI=1S/C33H53N3O6/c1-7-8-14-34(15-9-10-16-36(4,5)6)29(37)23-35-22-26(24-11-12-28-25(20-24)13-17-40-28)30(31(38)39)27(35)21-33(2,3)32-41-18-19-42-32/h11-12,20,26-27,30,32H,7-10,13-19,21-23H2,1-6H3/p+1/t26-,27+,30-/m1/s1. The van der Waals surface area contributed by atoms with Crippen molar-refractivity contribution in [1.82, 2.24) is 9.80 Å². The predicted molar refractivity (Wildman–Crippen MR) is 163 cm³/mol. The van der Waals surface area contributed by atoms with E-state index in [2.05, 4.69) is 52.9 Å². The summed E-state index contributed by atoms with van der Waals surface area (Å²) in [5, 5.41) is 10.6. The zero-order valence-corrected chi connectivity index (χ0v) is 26.8. The minimum Gasteiger partial charge on any atom is -0.493 e. The minimum absolute atomic E-state index is 0.0945. The van der Waals surface area contributed by atoms with Gasteiger partial charge in [0.05, 0.1) is 60.0 Å². The lowest BCUT2D eigenvalue weighted by Gasteiger charge is -2.37. The van der Waals surface area contributed by atoms with Crippen LogP contribution >= 0.6 is 0 Å². The van der Waals surface area contributed by atoms with Gasteiger partial charge in [-0.25, -0.2) is 0 Å². The Morgan fingerprint density at radius 1 is 1.07 bits per heavy atom. The summed E-state index contributed by atoms with van der Waals surface area (Å²) in [7, 11) is 6.58. The molecule has 0 spiro atoms. The maximum Gasteiger partial charge on any atom is 0.308 e. The van der Waals surface area contributed by atoms with Crippen molar-refractivity contribution in [2.45, 2.75) is 77.5 Å². The van der Waals surface area contributed by atoms with Gasteiger partial charge in [0.1, 0.15) is 5.75 Å². The Kier molecular flexibility index (Phi) is 10.9. The number of ether oxygens (including phenoxy) is 3. The van der Waals surface area contributed by atoms with Crippen molar-refractivity contribution in [2.24, 2.45) is 11.3 Å². The Hall–Kier alpha value is -2.20. The summed E-state index contributed by atoms with van der Waals surface area (Å²) in [6.45, 7) is 11.4. The third-order valence-electron chi connectivity index (χ3n) is 9.15. The monoisotopic (exact) mass is 588 g/mol. The molecule has 2 fully saturated rings. The van der Waals surface area contributed by atoms with Gasteiger partial charge in [-0.15, -0.1) is 0 Å². The molecule has 0 aliphatic carbocycles. The van der Waals surface area contributed by atoms with Crippen LogP contribution in [0.25, 0.3) is 0 Å². The topological polar surface area (TPSA) is 88.5 Å². The van der Waals surface area contributed by atoms with Crippen LogP contribution in [0.5, 0.6) is 5.75 Å². The molecule has 1 aromatic rings. The van der Waals surface area contributed by atoms with Gasteiger partial charge in [0, 0.05) is 43.4 Å². The maximum absolute atomic E-state index is 13.9. The Balaban J connectivity index is 1.57. The molecule has 42 heavy (non-hydrogen) atoms. The molecule has 9 heteroatoms. The highest BCUT2D eigenvalue weighted by atomic mass is 16.7. The van der Waals surface area contributed by atoms with Crippen molar-refractivity contribution in [3.05, 3.63) is 29.3 Å². The molecule has 2 saturated heterocycles. The number of quaternary nitrogens is 1. The quantitative estimate of drug-likeness (QED) is 0.245. The number of hydrogen-bond donors (Lipinski definition) is 1. The SMILES string of the molecule is CCCCN(CCCC[N+](C)(C)C)C(=O)CN1C[C@H](c2ccc3c(c2)CCO3)[C@@H](C(=O)O)[C@@H]1CC(C)(C)C1OCCO1. The van der Waals surface area contributed by atoms with Crippen LogP contribution in [0.2, 0.25) is 0 Å². The lowest BCUT2D eigenvalue weighted by molar-refractivity contribution is -0.870. The largest absolute Gasteiger partial charge is 0.493 e. The van der Waals surface area contributed by atoms with Crippen LogP contribution in [0, 0.1) is 11.3 Å². The summed E-state index contributed by atoms with van der Waals surface area (Å²) in [6.07, 6.45) is 5.03. The van der Waals surface area contributed by atoms with Crippen LogP contribution in [0.3, 0.4) is 0 Å². The van der Waals surface area contributed by atoms with Gasteiger partial charge in [-0.05, 0) is 42.9 Å². The molecule has 0 unspecified atom stereocenters. The van der Waals surface area contributed by atoms with E-state index in [0.29, 0.717) is 32.8 Å². The van der Waals surface area contributed by atoms with Gasteiger partial charge in [0.2, 0.25) is 5.91 Å². The summed E-state index contributed by atoms with van der Waals surface area (Å²) < 4.78 is 18.4. The van der Waals surface area contributed by atoms with Gasteiger partial charge in [-0.1, -0.05) is 39.3 Å². The molecule has 1 aromatic carbocycles. The molecule has 1 amide bonds. The van der Waals surface area contributed by atoms with Crippen molar-refractivity contribution in [3.63, 3.8) is 0 Å². The molecule has 9 nitrogen and oxygen atoms in total. The number of carboxylic acid groups (broad SMARTS) is 1. The molecule has 4 rings (SSSR count). The number of fused-ring (bicyclic) bond motifs is 1. The van der Waals surface area contributed by atoms with Gasteiger partial charge in [-0.2, -0.15) is 0 Å². The second kappa shape index (κ2) is 14.1. The van der Waals surface area contributed by atoms with Crippen LogP contribution in [0.15, 0.2) is 18.2 Å². The second-order valence-electron chi connectivity index (χ2n) is 14.2. The Morgan fingerprint density at radius 2 is 1.79 bits per heavy atom. The van der Waals surface area contributed by atoms with Gasteiger partial charge in [0.25, 0.3) is 0 Å². The summed E-state index contributed by atoms with van der Waals surface area (Å²) in [6, 6.07) is 5.80.